The molecule has 4 rings (SSSR count). The van der Waals surface area contributed by atoms with Crippen LogP contribution >= 0.6 is 11.3 Å². The minimum atomic E-state index is 0.211. The number of benzene rings is 1. The van der Waals surface area contributed by atoms with Gasteiger partial charge in [0, 0.05) is 48.3 Å². The van der Waals surface area contributed by atoms with Crippen molar-refractivity contribution in [2.45, 2.75) is 31.8 Å². The third-order valence-corrected chi connectivity index (χ3v) is 6.23. The Morgan fingerprint density at radius 2 is 2.17 bits per heavy atom. The number of thiophene rings is 1. The zero-order chi connectivity index (χ0) is 16.0. The number of aromatic hydroxyl groups is 1. The maximum atomic E-state index is 10.2. The zero-order valence-electron chi connectivity index (χ0n) is 13.2. The molecule has 0 fully saturated rings. The topological polar surface area (TPSA) is 52.9 Å². The molecule has 0 aliphatic carbocycles. The Hall–Kier alpha value is -1.56. The predicted octanol–water partition coefficient (Wildman–Crippen LogP) is 2.65. The second-order valence-corrected chi connectivity index (χ2v) is 7.52. The minimum Gasteiger partial charge on any atom is -0.504 e. The van der Waals surface area contributed by atoms with E-state index in [0.29, 0.717) is 11.8 Å². The van der Waals surface area contributed by atoms with Gasteiger partial charge in [0.15, 0.2) is 11.5 Å². The van der Waals surface area contributed by atoms with E-state index in [-0.39, 0.29) is 12.4 Å². The van der Waals surface area contributed by atoms with Crippen LogP contribution in [0.15, 0.2) is 18.2 Å². The van der Waals surface area contributed by atoms with Gasteiger partial charge in [0.1, 0.15) is 0 Å². The molecule has 1 aromatic heterocycles. The van der Waals surface area contributed by atoms with Crippen molar-refractivity contribution in [1.82, 2.24) is 4.90 Å². The molecule has 1 atom stereocenters. The molecule has 0 amide bonds. The van der Waals surface area contributed by atoms with Gasteiger partial charge in [-0.2, -0.15) is 0 Å². The Morgan fingerprint density at radius 3 is 2.96 bits per heavy atom. The molecule has 0 spiro atoms. The van der Waals surface area contributed by atoms with Gasteiger partial charge < -0.3 is 14.9 Å². The Kier molecular flexibility index (Phi) is 3.79. The number of nitrogens with zero attached hydrogens (tertiary/aromatic N) is 1. The van der Waals surface area contributed by atoms with E-state index in [9.17, 15) is 5.11 Å². The molecule has 5 heteroatoms. The molecule has 2 aliphatic rings. The molecular formula is C18H21NO3S. The number of hydrogen-bond acceptors (Lipinski definition) is 5. The minimum absolute atomic E-state index is 0.211. The fourth-order valence-electron chi connectivity index (χ4n) is 3.82. The van der Waals surface area contributed by atoms with E-state index in [1.54, 1.807) is 7.11 Å². The molecule has 122 valence electrons. The third kappa shape index (κ3) is 2.53. The first-order valence-electron chi connectivity index (χ1n) is 8.04. The van der Waals surface area contributed by atoms with E-state index in [1.165, 1.54) is 26.4 Å². The van der Waals surface area contributed by atoms with Gasteiger partial charge in [-0.15, -0.1) is 11.3 Å². The van der Waals surface area contributed by atoms with Crippen LogP contribution in [0.4, 0.5) is 0 Å². The van der Waals surface area contributed by atoms with Crippen molar-refractivity contribution in [2.24, 2.45) is 0 Å². The summed E-state index contributed by atoms with van der Waals surface area (Å²) >= 11 is 1.83. The summed E-state index contributed by atoms with van der Waals surface area (Å²) in [5.41, 5.74) is 3.93. The van der Waals surface area contributed by atoms with Crippen molar-refractivity contribution in [1.29, 1.82) is 0 Å². The highest BCUT2D eigenvalue weighted by Crippen LogP contribution is 2.43. The van der Waals surface area contributed by atoms with Gasteiger partial charge >= 0.3 is 0 Å². The van der Waals surface area contributed by atoms with Gasteiger partial charge in [-0.25, -0.2) is 0 Å². The molecule has 4 nitrogen and oxygen atoms in total. The van der Waals surface area contributed by atoms with E-state index in [2.05, 4.69) is 11.0 Å². The maximum Gasteiger partial charge on any atom is 0.160 e. The van der Waals surface area contributed by atoms with E-state index < -0.39 is 0 Å². The Morgan fingerprint density at radius 1 is 1.30 bits per heavy atom. The lowest BCUT2D eigenvalue weighted by molar-refractivity contribution is 0.162. The van der Waals surface area contributed by atoms with Crippen LogP contribution < -0.4 is 4.74 Å². The normalized spacial score (nSPS) is 19.8. The van der Waals surface area contributed by atoms with Gasteiger partial charge in [-0.05, 0) is 41.3 Å². The molecular weight excluding hydrogens is 310 g/mol. The third-order valence-electron chi connectivity index (χ3n) is 4.97. The number of ether oxygens (including phenoxy) is 1. The van der Waals surface area contributed by atoms with Crippen molar-refractivity contribution < 1.29 is 14.9 Å². The first kappa shape index (κ1) is 15.0. The van der Waals surface area contributed by atoms with Gasteiger partial charge in [0.25, 0.3) is 0 Å². The number of methoxy groups -OCH3 is 1. The molecule has 2 N–H and O–H groups in total. The standard InChI is InChI=1S/C18H21NO3S/c1-22-17-7-11-2-4-19-10-12-6-13(3-5-20)23-18(12)9-15(19)14(11)8-16(17)21/h6-8,15,20-21H,2-5,9-10H2,1H3. The van der Waals surface area contributed by atoms with E-state index in [1.807, 2.05) is 23.5 Å². The number of hydrogen-bond donors (Lipinski definition) is 2. The summed E-state index contributed by atoms with van der Waals surface area (Å²) in [7, 11) is 1.60. The second-order valence-electron chi connectivity index (χ2n) is 6.30. The van der Waals surface area contributed by atoms with Crippen molar-refractivity contribution in [2.75, 3.05) is 20.3 Å². The summed E-state index contributed by atoms with van der Waals surface area (Å²) in [5, 5.41) is 19.3. The monoisotopic (exact) mass is 331 g/mol. The molecule has 23 heavy (non-hydrogen) atoms. The number of aliphatic hydroxyl groups excluding tert-OH is 1. The smallest absolute Gasteiger partial charge is 0.160 e. The Labute approximate surface area is 139 Å². The molecule has 0 saturated heterocycles. The quantitative estimate of drug-likeness (QED) is 0.908. The van der Waals surface area contributed by atoms with Crippen LogP contribution in [0.2, 0.25) is 0 Å². The van der Waals surface area contributed by atoms with Crippen LogP contribution in [-0.2, 0) is 25.8 Å². The summed E-state index contributed by atoms with van der Waals surface area (Å²) in [4.78, 5) is 5.21. The average molecular weight is 331 g/mol. The number of phenolic OH excluding ortho intramolecular Hbond substituents is 1. The predicted molar refractivity (Wildman–Crippen MR) is 90.3 cm³/mol. The molecule has 0 radical (unpaired) electrons. The van der Waals surface area contributed by atoms with Gasteiger partial charge in [-0.3, -0.25) is 4.90 Å². The fourth-order valence-corrected chi connectivity index (χ4v) is 5.03. The van der Waals surface area contributed by atoms with E-state index >= 15 is 0 Å². The number of phenols is 1. The summed E-state index contributed by atoms with van der Waals surface area (Å²) in [5.74, 6) is 0.793. The lowest BCUT2D eigenvalue weighted by Gasteiger charge is -2.40. The van der Waals surface area contributed by atoms with Crippen molar-refractivity contribution in [3.8, 4) is 11.5 Å². The zero-order valence-corrected chi connectivity index (χ0v) is 14.0. The SMILES string of the molecule is COc1cc2c(cc1O)C1Cc3sc(CCO)cc3CN1CC2. The van der Waals surface area contributed by atoms with Crippen LogP contribution in [0.1, 0.15) is 32.5 Å². The summed E-state index contributed by atoms with van der Waals surface area (Å²) in [6, 6.07) is 6.47. The molecule has 3 heterocycles. The molecule has 0 saturated carbocycles. The molecule has 1 unspecified atom stereocenters. The maximum absolute atomic E-state index is 10.2. The first-order valence-corrected chi connectivity index (χ1v) is 8.86. The van der Waals surface area contributed by atoms with Crippen molar-refractivity contribution >= 4 is 11.3 Å². The van der Waals surface area contributed by atoms with Crippen LogP contribution in [-0.4, -0.2) is 35.4 Å². The molecule has 2 aliphatic heterocycles. The molecule has 2 aromatic rings. The highest BCUT2D eigenvalue weighted by atomic mass is 32.1. The fraction of sp³-hybridized carbons (Fsp3) is 0.444. The molecule has 0 bridgehead atoms. The summed E-state index contributed by atoms with van der Waals surface area (Å²) in [6.07, 6.45) is 2.73. The number of fused-ring (bicyclic) bond motifs is 4. The first-order chi connectivity index (χ1) is 11.2. The molecule has 1 aromatic carbocycles. The number of aliphatic hydroxyl groups is 1. The van der Waals surface area contributed by atoms with Gasteiger partial charge in [0.2, 0.25) is 0 Å². The second kappa shape index (κ2) is 5.82. The Balaban J connectivity index is 1.69. The largest absolute Gasteiger partial charge is 0.504 e. The average Bonchev–Trinajstić information content (AvgIpc) is 2.94. The van der Waals surface area contributed by atoms with Crippen LogP contribution in [0.5, 0.6) is 11.5 Å². The number of rotatable bonds is 3. The van der Waals surface area contributed by atoms with E-state index in [4.69, 9.17) is 9.84 Å². The van der Waals surface area contributed by atoms with Crippen molar-refractivity contribution in [3.05, 3.63) is 44.6 Å². The van der Waals surface area contributed by atoms with Crippen LogP contribution in [0, 0.1) is 0 Å². The van der Waals surface area contributed by atoms with Gasteiger partial charge in [0.05, 0.1) is 7.11 Å². The Bertz CT molecular complexity index is 740. The highest BCUT2D eigenvalue weighted by Gasteiger charge is 2.33. The lowest BCUT2D eigenvalue weighted by atomic mass is 9.86. The highest BCUT2D eigenvalue weighted by molar-refractivity contribution is 7.12. The summed E-state index contributed by atoms with van der Waals surface area (Å²) < 4.78 is 5.25. The lowest BCUT2D eigenvalue weighted by Crippen LogP contribution is -2.38. The summed E-state index contributed by atoms with van der Waals surface area (Å²) in [6.45, 7) is 2.22. The van der Waals surface area contributed by atoms with Gasteiger partial charge in [-0.1, -0.05) is 0 Å². The van der Waals surface area contributed by atoms with E-state index in [0.717, 1.165) is 32.4 Å². The van der Waals surface area contributed by atoms with Crippen LogP contribution in [0.3, 0.4) is 0 Å². The van der Waals surface area contributed by atoms with Crippen molar-refractivity contribution in [3.63, 3.8) is 0 Å². The van der Waals surface area contributed by atoms with Crippen LogP contribution in [0.25, 0.3) is 0 Å².